The molecule has 0 radical (unpaired) electrons. The molecule has 2 unspecified atom stereocenters. The number of likely N-dealkylation sites (tertiary alicyclic amines) is 1. The third-order valence-corrected chi connectivity index (χ3v) is 4.33. The minimum absolute atomic E-state index is 0.203. The van der Waals surface area contributed by atoms with Crippen LogP contribution in [-0.4, -0.2) is 50.2 Å². The summed E-state index contributed by atoms with van der Waals surface area (Å²) in [5.41, 5.74) is 1.36. The fourth-order valence-electron chi connectivity index (χ4n) is 3.02. The van der Waals surface area contributed by atoms with Crippen molar-refractivity contribution in [1.29, 1.82) is 0 Å². The van der Waals surface area contributed by atoms with Gasteiger partial charge in [-0.2, -0.15) is 0 Å². The number of hydrogen-bond donors (Lipinski definition) is 1. The number of rotatable bonds is 7. The van der Waals surface area contributed by atoms with E-state index in [0.29, 0.717) is 25.1 Å². The Morgan fingerprint density at radius 2 is 2.14 bits per heavy atom. The van der Waals surface area contributed by atoms with Gasteiger partial charge in [-0.1, -0.05) is 30.3 Å². The van der Waals surface area contributed by atoms with Gasteiger partial charge in [-0.3, -0.25) is 4.79 Å². The molecule has 1 aliphatic rings. The van der Waals surface area contributed by atoms with Crippen LogP contribution < -0.4 is 5.32 Å². The first kappa shape index (κ1) is 16.0. The van der Waals surface area contributed by atoms with Crippen molar-refractivity contribution in [3.8, 4) is 0 Å². The second kappa shape index (κ2) is 8.15. The molecule has 0 saturated carbocycles. The van der Waals surface area contributed by atoms with Crippen LogP contribution in [0.25, 0.3) is 0 Å². The first-order valence-corrected chi connectivity index (χ1v) is 7.75. The highest BCUT2D eigenvalue weighted by Crippen LogP contribution is 2.27. The van der Waals surface area contributed by atoms with Crippen molar-refractivity contribution in [3.05, 3.63) is 35.9 Å². The molecule has 1 aromatic carbocycles. The van der Waals surface area contributed by atoms with E-state index in [4.69, 9.17) is 4.74 Å². The average molecular weight is 290 g/mol. The van der Waals surface area contributed by atoms with E-state index in [1.54, 1.807) is 7.11 Å². The monoisotopic (exact) mass is 290 g/mol. The normalized spacial score (nSPS) is 21.7. The van der Waals surface area contributed by atoms with Crippen LogP contribution in [0, 0.1) is 5.92 Å². The highest BCUT2D eigenvalue weighted by molar-refractivity contribution is 5.78. The number of ether oxygens (including phenoxy) is 1. The summed E-state index contributed by atoms with van der Waals surface area (Å²) in [5.74, 6) is 0.768. The average Bonchev–Trinajstić information content (AvgIpc) is 2.86. The van der Waals surface area contributed by atoms with E-state index in [0.717, 1.165) is 25.9 Å². The first-order chi connectivity index (χ1) is 10.2. The molecule has 1 amide bonds. The van der Waals surface area contributed by atoms with Gasteiger partial charge in [0, 0.05) is 26.2 Å². The largest absolute Gasteiger partial charge is 0.383 e. The van der Waals surface area contributed by atoms with Gasteiger partial charge >= 0.3 is 0 Å². The van der Waals surface area contributed by atoms with Gasteiger partial charge in [0.2, 0.25) is 5.91 Å². The Morgan fingerprint density at radius 3 is 2.86 bits per heavy atom. The maximum absolute atomic E-state index is 12.2. The van der Waals surface area contributed by atoms with Crippen molar-refractivity contribution < 1.29 is 9.53 Å². The molecule has 4 heteroatoms. The number of methoxy groups -OCH3 is 1. The quantitative estimate of drug-likeness (QED) is 0.777. The smallest absolute Gasteiger partial charge is 0.236 e. The number of carbonyl (C=O) groups excluding carboxylic acids is 1. The number of nitrogens with one attached hydrogen (secondary N) is 1. The summed E-state index contributed by atoms with van der Waals surface area (Å²) in [6.45, 7) is 4.82. The highest BCUT2D eigenvalue weighted by Gasteiger charge is 2.33. The SMILES string of the molecule is COCCNCC(=O)N1CCC(Cc2ccccc2)C1C. The van der Waals surface area contributed by atoms with Crippen LogP contribution in [0.4, 0.5) is 0 Å². The van der Waals surface area contributed by atoms with E-state index in [1.807, 2.05) is 11.0 Å². The fraction of sp³-hybridized carbons (Fsp3) is 0.588. The predicted octanol–water partition coefficient (Wildman–Crippen LogP) is 1.70. The third kappa shape index (κ3) is 4.55. The number of benzene rings is 1. The first-order valence-electron chi connectivity index (χ1n) is 7.75. The molecule has 2 rings (SSSR count). The third-order valence-electron chi connectivity index (χ3n) is 4.33. The summed E-state index contributed by atoms with van der Waals surface area (Å²) >= 11 is 0. The maximum atomic E-state index is 12.2. The van der Waals surface area contributed by atoms with Gasteiger partial charge in [-0.25, -0.2) is 0 Å². The van der Waals surface area contributed by atoms with Crippen LogP contribution >= 0.6 is 0 Å². The molecule has 0 spiro atoms. The number of carbonyl (C=O) groups is 1. The molecular weight excluding hydrogens is 264 g/mol. The summed E-state index contributed by atoms with van der Waals surface area (Å²) < 4.78 is 4.97. The van der Waals surface area contributed by atoms with Gasteiger partial charge < -0.3 is 15.0 Å². The Balaban J connectivity index is 1.80. The molecule has 0 bridgehead atoms. The van der Waals surface area contributed by atoms with Crippen LogP contribution in [-0.2, 0) is 16.0 Å². The lowest BCUT2D eigenvalue weighted by molar-refractivity contribution is -0.131. The second-order valence-electron chi connectivity index (χ2n) is 5.74. The number of nitrogens with zero attached hydrogens (tertiary/aromatic N) is 1. The molecule has 116 valence electrons. The number of hydrogen-bond acceptors (Lipinski definition) is 3. The van der Waals surface area contributed by atoms with E-state index < -0.39 is 0 Å². The van der Waals surface area contributed by atoms with Gasteiger partial charge in [-0.05, 0) is 31.2 Å². The predicted molar refractivity (Wildman–Crippen MR) is 84.2 cm³/mol. The van der Waals surface area contributed by atoms with Crippen LogP contribution in [0.3, 0.4) is 0 Å². The molecule has 0 aliphatic carbocycles. The lowest BCUT2D eigenvalue weighted by atomic mass is 9.93. The van der Waals surface area contributed by atoms with Crippen molar-refractivity contribution >= 4 is 5.91 Å². The topological polar surface area (TPSA) is 41.6 Å². The summed E-state index contributed by atoms with van der Waals surface area (Å²) in [6, 6.07) is 10.9. The molecule has 1 saturated heterocycles. The summed E-state index contributed by atoms with van der Waals surface area (Å²) in [6.07, 6.45) is 2.16. The van der Waals surface area contributed by atoms with Crippen molar-refractivity contribution in [2.75, 3.05) is 33.4 Å². The lowest BCUT2D eigenvalue weighted by Gasteiger charge is -2.25. The zero-order valence-electron chi connectivity index (χ0n) is 13.0. The Morgan fingerprint density at radius 1 is 1.38 bits per heavy atom. The van der Waals surface area contributed by atoms with E-state index in [2.05, 4.69) is 36.5 Å². The second-order valence-corrected chi connectivity index (χ2v) is 5.74. The molecular formula is C17H26N2O2. The Labute approximate surface area is 127 Å². The van der Waals surface area contributed by atoms with Crippen molar-refractivity contribution in [2.24, 2.45) is 5.92 Å². The summed E-state index contributed by atoms with van der Waals surface area (Å²) in [7, 11) is 1.67. The molecule has 1 fully saturated rings. The molecule has 1 N–H and O–H groups in total. The van der Waals surface area contributed by atoms with Crippen LogP contribution in [0.5, 0.6) is 0 Å². The van der Waals surface area contributed by atoms with Gasteiger partial charge in [0.25, 0.3) is 0 Å². The Bertz CT molecular complexity index is 436. The van der Waals surface area contributed by atoms with Crippen molar-refractivity contribution in [1.82, 2.24) is 10.2 Å². The molecule has 0 aromatic heterocycles. The van der Waals surface area contributed by atoms with Crippen LogP contribution in [0.2, 0.25) is 0 Å². The lowest BCUT2D eigenvalue weighted by Crippen LogP contribution is -2.42. The standard InChI is InChI=1S/C17H26N2O2/c1-14-16(12-15-6-4-3-5-7-15)8-10-19(14)17(20)13-18-9-11-21-2/h3-7,14,16,18H,8-13H2,1-2H3. The van der Waals surface area contributed by atoms with Gasteiger partial charge in [0.15, 0.2) is 0 Å². The summed E-state index contributed by atoms with van der Waals surface area (Å²) in [4.78, 5) is 14.3. The van der Waals surface area contributed by atoms with E-state index in [-0.39, 0.29) is 5.91 Å². The molecule has 1 aromatic rings. The molecule has 1 aliphatic heterocycles. The fourth-order valence-corrected chi connectivity index (χ4v) is 3.02. The van der Waals surface area contributed by atoms with Gasteiger partial charge in [0.1, 0.15) is 0 Å². The van der Waals surface area contributed by atoms with E-state index >= 15 is 0 Å². The zero-order valence-corrected chi connectivity index (χ0v) is 13.0. The Hall–Kier alpha value is -1.39. The van der Waals surface area contributed by atoms with Crippen molar-refractivity contribution in [3.63, 3.8) is 0 Å². The zero-order chi connectivity index (χ0) is 15.1. The van der Waals surface area contributed by atoms with Gasteiger partial charge in [0.05, 0.1) is 13.2 Å². The van der Waals surface area contributed by atoms with Crippen LogP contribution in [0.1, 0.15) is 18.9 Å². The van der Waals surface area contributed by atoms with E-state index in [1.165, 1.54) is 5.56 Å². The number of amides is 1. The molecule has 2 atom stereocenters. The van der Waals surface area contributed by atoms with Gasteiger partial charge in [-0.15, -0.1) is 0 Å². The Kier molecular flexibility index (Phi) is 6.21. The summed E-state index contributed by atoms with van der Waals surface area (Å²) in [5, 5.41) is 3.13. The van der Waals surface area contributed by atoms with Crippen molar-refractivity contribution in [2.45, 2.75) is 25.8 Å². The molecule has 4 nitrogen and oxygen atoms in total. The van der Waals surface area contributed by atoms with E-state index in [9.17, 15) is 4.79 Å². The molecule has 1 heterocycles. The maximum Gasteiger partial charge on any atom is 0.236 e. The van der Waals surface area contributed by atoms with Crippen LogP contribution in [0.15, 0.2) is 30.3 Å². The highest BCUT2D eigenvalue weighted by atomic mass is 16.5. The molecule has 21 heavy (non-hydrogen) atoms. The minimum Gasteiger partial charge on any atom is -0.383 e. The minimum atomic E-state index is 0.203.